The van der Waals surface area contributed by atoms with E-state index in [-0.39, 0.29) is 6.04 Å². The molecule has 0 aromatic carbocycles. The van der Waals surface area contributed by atoms with Gasteiger partial charge in [-0.25, -0.2) is 0 Å². The molecule has 0 aliphatic carbocycles. The molecule has 0 amide bonds. The molecule has 0 saturated heterocycles. The molecule has 1 unspecified atom stereocenters. The zero-order valence-electron chi connectivity index (χ0n) is 11.0. The summed E-state index contributed by atoms with van der Waals surface area (Å²) in [5, 5.41) is 0. The Morgan fingerprint density at radius 3 is 2.06 bits per heavy atom. The highest BCUT2D eigenvalue weighted by Crippen LogP contribution is 2.08. The number of nitrogens with zero attached hydrogens (tertiary/aromatic N) is 2. The second kappa shape index (κ2) is 6.54. The first-order valence-electron chi connectivity index (χ1n) is 5.66. The standard InChI is InChI=1S/C10H25N3O2S/c1-6-12(4)16(14,15)13(5)8-7-10(11)9(2)3/h9-10H,6-8,11H2,1-5H3. The van der Waals surface area contributed by atoms with Crippen LogP contribution in [0.5, 0.6) is 0 Å². The van der Waals surface area contributed by atoms with Crippen LogP contribution in [0.2, 0.25) is 0 Å². The van der Waals surface area contributed by atoms with E-state index in [1.165, 1.54) is 8.61 Å². The van der Waals surface area contributed by atoms with Gasteiger partial charge < -0.3 is 5.73 Å². The third-order valence-corrected chi connectivity index (χ3v) is 4.88. The molecule has 0 fully saturated rings. The summed E-state index contributed by atoms with van der Waals surface area (Å²) >= 11 is 0. The van der Waals surface area contributed by atoms with Crippen molar-refractivity contribution >= 4 is 10.2 Å². The van der Waals surface area contributed by atoms with Gasteiger partial charge >= 0.3 is 0 Å². The first kappa shape index (κ1) is 15.8. The lowest BCUT2D eigenvalue weighted by Gasteiger charge is -2.25. The van der Waals surface area contributed by atoms with Crippen LogP contribution in [0.15, 0.2) is 0 Å². The molecular weight excluding hydrogens is 226 g/mol. The highest BCUT2D eigenvalue weighted by atomic mass is 32.2. The monoisotopic (exact) mass is 251 g/mol. The van der Waals surface area contributed by atoms with E-state index in [1.807, 2.05) is 20.8 Å². The third-order valence-electron chi connectivity index (χ3n) is 2.87. The van der Waals surface area contributed by atoms with Crippen molar-refractivity contribution < 1.29 is 8.42 Å². The average Bonchev–Trinajstić information content (AvgIpc) is 2.23. The number of rotatable bonds is 7. The number of hydrogen-bond acceptors (Lipinski definition) is 3. The van der Waals surface area contributed by atoms with Gasteiger partial charge in [-0.3, -0.25) is 0 Å². The van der Waals surface area contributed by atoms with E-state index < -0.39 is 10.2 Å². The van der Waals surface area contributed by atoms with Crippen LogP contribution in [0.1, 0.15) is 27.2 Å². The molecular formula is C10H25N3O2S. The van der Waals surface area contributed by atoms with Crippen LogP contribution < -0.4 is 5.73 Å². The maximum Gasteiger partial charge on any atom is 0.281 e. The second-order valence-corrected chi connectivity index (χ2v) is 6.58. The van der Waals surface area contributed by atoms with Gasteiger partial charge in [-0.2, -0.15) is 17.0 Å². The number of nitrogens with two attached hydrogens (primary N) is 1. The van der Waals surface area contributed by atoms with Crippen molar-refractivity contribution in [1.82, 2.24) is 8.61 Å². The van der Waals surface area contributed by atoms with Crippen molar-refractivity contribution in [2.45, 2.75) is 33.2 Å². The Labute approximate surface area is 99.8 Å². The SMILES string of the molecule is CCN(C)S(=O)(=O)N(C)CCC(N)C(C)C. The smallest absolute Gasteiger partial charge is 0.281 e. The molecule has 0 spiro atoms. The zero-order valence-corrected chi connectivity index (χ0v) is 11.8. The van der Waals surface area contributed by atoms with Gasteiger partial charge in [-0.1, -0.05) is 20.8 Å². The average molecular weight is 251 g/mol. The Morgan fingerprint density at radius 2 is 1.69 bits per heavy atom. The van der Waals surface area contributed by atoms with Gasteiger partial charge in [0.05, 0.1) is 0 Å². The van der Waals surface area contributed by atoms with Crippen LogP contribution in [-0.2, 0) is 10.2 Å². The highest BCUT2D eigenvalue weighted by Gasteiger charge is 2.22. The minimum atomic E-state index is -3.30. The lowest BCUT2D eigenvalue weighted by molar-refractivity contribution is 0.368. The van der Waals surface area contributed by atoms with Crippen molar-refractivity contribution in [3.05, 3.63) is 0 Å². The summed E-state index contributed by atoms with van der Waals surface area (Å²) in [6.07, 6.45) is 0.685. The first-order valence-corrected chi connectivity index (χ1v) is 7.06. The van der Waals surface area contributed by atoms with Crippen molar-refractivity contribution in [3.63, 3.8) is 0 Å². The molecule has 1 atom stereocenters. The molecule has 2 N–H and O–H groups in total. The molecule has 0 rings (SSSR count). The molecule has 98 valence electrons. The molecule has 0 saturated carbocycles. The maximum absolute atomic E-state index is 11.9. The Kier molecular flexibility index (Phi) is 6.47. The lowest BCUT2D eigenvalue weighted by Crippen LogP contribution is -2.41. The van der Waals surface area contributed by atoms with E-state index in [0.717, 1.165) is 0 Å². The summed E-state index contributed by atoms with van der Waals surface area (Å²) in [5.41, 5.74) is 5.88. The van der Waals surface area contributed by atoms with Gasteiger partial charge in [-0.05, 0) is 12.3 Å². The highest BCUT2D eigenvalue weighted by molar-refractivity contribution is 7.86. The minimum absolute atomic E-state index is 0.0459. The summed E-state index contributed by atoms with van der Waals surface area (Å²) in [4.78, 5) is 0. The van der Waals surface area contributed by atoms with Gasteiger partial charge in [0.25, 0.3) is 10.2 Å². The summed E-state index contributed by atoms with van der Waals surface area (Å²) < 4.78 is 26.4. The fourth-order valence-corrected chi connectivity index (χ4v) is 2.32. The van der Waals surface area contributed by atoms with Gasteiger partial charge in [0.2, 0.25) is 0 Å². The van der Waals surface area contributed by atoms with E-state index in [2.05, 4.69) is 0 Å². The predicted octanol–water partition coefficient (Wildman–Crippen LogP) is 0.488. The van der Waals surface area contributed by atoms with Crippen molar-refractivity contribution in [1.29, 1.82) is 0 Å². The summed E-state index contributed by atoms with van der Waals surface area (Å²) in [6, 6.07) is 0.0459. The van der Waals surface area contributed by atoms with E-state index in [9.17, 15) is 8.42 Å². The van der Waals surface area contributed by atoms with Crippen LogP contribution in [0, 0.1) is 5.92 Å². The molecule has 0 aliphatic heterocycles. The summed E-state index contributed by atoms with van der Waals surface area (Å²) in [6.45, 7) is 6.83. The van der Waals surface area contributed by atoms with E-state index >= 15 is 0 Å². The molecule has 16 heavy (non-hydrogen) atoms. The Bertz CT molecular complexity index is 290. The molecule has 0 aliphatic rings. The van der Waals surface area contributed by atoms with E-state index in [4.69, 9.17) is 5.73 Å². The van der Waals surface area contributed by atoms with E-state index in [1.54, 1.807) is 14.1 Å². The lowest BCUT2D eigenvalue weighted by atomic mass is 10.0. The van der Waals surface area contributed by atoms with Gasteiger partial charge in [-0.15, -0.1) is 0 Å². The van der Waals surface area contributed by atoms with Crippen LogP contribution >= 0.6 is 0 Å². The Morgan fingerprint density at radius 1 is 1.19 bits per heavy atom. The fourth-order valence-electron chi connectivity index (χ4n) is 1.18. The Hall–Kier alpha value is -0.170. The van der Waals surface area contributed by atoms with E-state index in [0.29, 0.717) is 25.4 Å². The predicted molar refractivity (Wildman–Crippen MR) is 67.3 cm³/mol. The summed E-state index contributed by atoms with van der Waals surface area (Å²) in [7, 11) is -0.130. The zero-order chi connectivity index (χ0) is 12.9. The number of hydrogen-bond donors (Lipinski definition) is 1. The fraction of sp³-hybridized carbons (Fsp3) is 1.00. The molecule has 0 aromatic rings. The third kappa shape index (κ3) is 4.37. The normalized spacial score (nSPS) is 15.1. The summed E-state index contributed by atoms with van der Waals surface area (Å²) in [5.74, 6) is 0.375. The van der Waals surface area contributed by atoms with Crippen LogP contribution in [0.3, 0.4) is 0 Å². The van der Waals surface area contributed by atoms with Crippen LogP contribution in [0.25, 0.3) is 0 Å². The molecule has 0 heterocycles. The quantitative estimate of drug-likeness (QED) is 0.716. The maximum atomic E-state index is 11.9. The molecule has 6 heteroatoms. The van der Waals surface area contributed by atoms with Gasteiger partial charge in [0.15, 0.2) is 0 Å². The molecule has 0 radical (unpaired) electrons. The Balaban J connectivity index is 4.31. The topological polar surface area (TPSA) is 66.6 Å². The van der Waals surface area contributed by atoms with Crippen LogP contribution in [0.4, 0.5) is 0 Å². The molecule has 0 aromatic heterocycles. The van der Waals surface area contributed by atoms with Gasteiger partial charge in [0.1, 0.15) is 0 Å². The van der Waals surface area contributed by atoms with Crippen molar-refractivity contribution in [2.24, 2.45) is 11.7 Å². The van der Waals surface area contributed by atoms with Gasteiger partial charge in [0, 0.05) is 33.2 Å². The largest absolute Gasteiger partial charge is 0.327 e. The first-order chi connectivity index (χ1) is 7.23. The van der Waals surface area contributed by atoms with Crippen molar-refractivity contribution in [2.75, 3.05) is 27.2 Å². The second-order valence-electron chi connectivity index (χ2n) is 4.44. The van der Waals surface area contributed by atoms with Crippen molar-refractivity contribution in [3.8, 4) is 0 Å². The molecule has 0 bridgehead atoms. The molecule has 5 nitrogen and oxygen atoms in total. The minimum Gasteiger partial charge on any atom is -0.327 e. The van der Waals surface area contributed by atoms with Crippen LogP contribution in [-0.4, -0.2) is 50.3 Å².